The van der Waals surface area contributed by atoms with Crippen LogP contribution in [0.3, 0.4) is 0 Å². The molecule has 2 heteroatoms. The molecule has 0 heterocycles. The lowest BCUT2D eigenvalue weighted by Gasteiger charge is -2.40. The molecule has 0 amide bonds. The molecule has 76 valence electrons. The van der Waals surface area contributed by atoms with Crippen LogP contribution < -0.4 is 0 Å². The van der Waals surface area contributed by atoms with Gasteiger partial charge in [0.05, 0.1) is 5.60 Å². The fraction of sp³-hybridized carbons (Fsp3) is 0.818. The maximum atomic E-state index is 10.3. The van der Waals surface area contributed by atoms with Gasteiger partial charge in [0.15, 0.2) is 0 Å². The summed E-state index contributed by atoms with van der Waals surface area (Å²) in [6.07, 6.45) is 5.58. The van der Waals surface area contributed by atoms with E-state index in [0.717, 1.165) is 25.7 Å². The first-order chi connectivity index (χ1) is 6.08. The third-order valence-electron chi connectivity index (χ3n) is 3.19. The standard InChI is InChI=1S/C11H20O2/c1-4-10(3,13-5-2)11(12)8-6-7-9-11/h4,12H,1,5-9H2,2-3H3. The van der Waals surface area contributed by atoms with Crippen LogP contribution in [0.4, 0.5) is 0 Å². The average Bonchev–Trinajstić information content (AvgIpc) is 2.54. The smallest absolute Gasteiger partial charge is 0.112 e. The number of ether oxygens (including phenoxy) is 1. The summed E-state index contributed by atoms with van der Waals surface area (Å²) in [6.45, 7) is 8.24. The van der Waals surface area contributed by atoms with E-state index in [4.69, 9.17) is 4.74 Å². The minimum absolute atomic E-state index is 0.571. The first-order valence-electron chi connectivity index (χ1n) is 5.08. The Hall–Kier alpha value is -0.340. The summed E-state index contributed by atoms with van der Waals surface area (Å²) >= 11 is 0. The van der Waals surface area contributed by atoms with E-state index in [0.29, 0.717) is 6.61 Å². The van der Waals surface area contributed by atoms with Crippen LogP contribution in [0.5, 0.6) is 0 Å². The molecule has 0 aromatic rings. The largest absolute Gasteiger partial charge is 0.387 e. The van der Waals surface area contributed by atoms with Crippen molar-refractivity contribution < 1.29 is 9.84 Å². The van der Waals surface area contributed by atoms with Gasteiger partial charge in [0.2, 0.25) is 0 Å². The van der Waals surface area contributed by atoms with E-state index < -0.39 is 11.2 Å². The van der Waals surface area contributed by atoms with Gasteiger partial charge >= 0.3 is 0 Å². The Morgan fingerprint density at radius 3 is 2.46 bits per heavy atom. The molecule has 2 nitrogen and oxygen atoms in total. The van der Waals surface area contributed by atoms with Crippen molar-refractivity contribution in [3.63, 3.8) is 0 Å². The first-order valence-corrected chi connectivity index (χ1v) is 5.08. The maximum absolute atomic E-state index is 10.3. The van der Waals surface area contributed by atoms with Crippen molar-refractivity contribution in [1.82, 2.24) is 0 Å². The van der Waals surface area contributed by atoms with Crippen LogP contribution in [0.25, 0.3) is 0 Å². The SMILES string of the molecule is C=CC(C)(OCC)C1(O)CCCC1. The quantitative estimate of drug-likeness (QED) is 0.679. The van der Waals surface area contributed by atoms with Crippen LogP contribution >= 0.6 is 0 Å². The van der Waals surface area contributed by atoms with Crippen molar-refractivity contribution in [3.8, 4) is 0 Å². The molecule has 1 N–H and O–H groups in total. The third-order valence-corrected chi connectivity index (χ3v) is 3.19. The molecular formula is C11H20O2. The Kier molecular flexibility index (Phi) is 3.14. The lowest BCUT2D eigenvalue weighted by atomic mass is 9.82. The van der Waals surface area contributed by atoms with Crippen LogP contribution in [0.2, 0.25) is 0 Å². The fourth-order valence-corrected chi connectivity index (χ4v) is 2.14. The molecule has 0 radical (unpaired) electrons. The van der Waals surface area contributed by atoms with Crippen molar-refractivity contribution in [2.24, 2.45) is 0 Å². The number of hydrogen-bond donors (Lipinski definition) is 1. The number of hydrogen-bond acceptors (Lipinski definition) is 2. The summed E-state index contributed by atoms with van der Waals surface area (Å²) in [5, 5.41) is 10.3. The molecule has 1 unspecified atom stereocenters. The molecule has 0 saturated heterocycles. The van der Waals surface area contributed by atoms with Gasteiger partial charge in [-0.05, 0) is 26.7 Å². The zero-order valence-corrected chi connectivity index (χ0v) is 8.68. The van der Waals surface area contributed by atoms with Crippen molar-refractivity contribution in [2.75, 3.05) is 6.61 Å². The molecular weight excluding hydrogens is 164 g/mol. The van der Waals surface area contributed by atoms with Gasteiger partial charge in [-0.1, -0.05) is 18.9 Å². The van der Waals surface area contributed by atoms with E-state index >= 15 is 0 Å². The highest BCUT2D eigenvalue weighted by atomic mass is 16.5. The molecule has 13 heavy (non-hydrogen) atoms. The van der Waals surface area contributed by atoms with Gasteiger partial charge in [-0.25, -0.2) is 0 Å². The Morgan fingerprint density at radius 1 is 1.54 bits per heavy atom. The third kappa shape index (κ3) is 1.79. The highest BCUT2D eigenvalue weighted by molar-refractivity contribution is 5.10. The minimum Gasteiger partial charge on any atom is -0.387 e. The maximum Gasteiger partial charge on any atom is 0.112 e. The molecule has 1 rings (SSSR count). The zero-order chi connectivity index (χ0) is 9.95. The van der Waals surface area contributed by atoms with Crippen molar-refractivity contribution in [3.05, 3.63) is 12.7 Å². The predicted octanol–water partition coefficient (Wildman–Crippen LogP) is 2.27. The first kappa shape index (κ1) is 10.7. The second-order valence-corrected chi connectivity index (χ2v) is 3.98. The van der Waals surface area contributed by atoms with Crippen LogP contribution in [-0.4, -0.2) is 22.9 Å². The normalized spacial score (nSPS) is 25.5. The number of rotatable bonds is 4. The molecule has 0 spiro atoms. The Labute approximate surface area is 80.6 Å². The van der Waals surface area contributed by atoms with Gasteiger partial charge in [-0.3, -0.25) is 0 Å². The average molecular weight is 184 g/mol. The van der Waals surface area contributed by atoms with Crippen LogP contribution in [0, 0.1) is 0 Å². The summed E-state index contributed by atoms with van der Waals surface area (Å²) in [6, 6.07) is 0. The molecule has 0 bridgehead atoms. The van der Waals surface area contributed by atoms with Crippen molar-refractivity contribution >= 4 is 0 Å². The molecule has 1 fully saturated rings. The summed E-state index contributed by atoms with van der Waals surface area (Å²) in [5.74, 6) is 0. The van der Waals surface area contributed by atoms with Gasteiger partial charge in [0.25, 0.3) is 0 Å². The lowest BCUT2D eigenvalue weighted by Crippen LogP contribution is -2.50. The van der Waals surface area contributed by atoms with Crippen molar-refractivity contribution in [2.45, 2.75) is 50.7 Å². The van der Waals surface area contributed by atoms with Gasteiger partial charge in [0, 0.05) is 6.61 Å². The van der Waals surface area contributed by atoms with E-state index in [1.54, 1.807) is 6.08 Å². The van der Waals surface area contributed by atoms with E-state index in [2.05, 4.69) is 6.58 Å². The topological polar surface area (TPSA) is 29.5 Å². The Bertz CT molecular complexity index is 183. The van der Waals surface area contributed by atoms with Gasteiger partial charge in [-0.15, -0.1) is 6.58 Å². The highest BCUT2D eigenvalue weighted by Gasteiger charge is 2.47. The lowest BCUT2D eigenvalue weighted by molar-refractivity contribution is -0.141. The van der Waals surface area contributed by atoms with E-state index in [-0.39, 0.29) is 0 Å². The molecule has 0 aliphatic heterocycles. The molecule has 1 saturated carbocycles. The summed E-state index contributed by atoms with van der Waals surface area (Å²) in [4.78, 5) is 0. The van der Waals surface area contributed by atoms with Crippen molar-refractivity contribution in [1.29, 1.82) is 0 Å². The fourth-order valence-electron chi connectivity index (χ4n) is 2.14. The van der Waals surface area contributed by atoms with Gasteiger partial charge in [0.1, 0.15) is 5.60 Å². The van der Waals surface area contributed by atoms with E-state index in [9.17, 15) is 5.11 Å². The second-order valence-electron chi connectivity index (χ2n) is 3.98. The van der Waals surface area contributed by atoms with Crippen LogP contribution in [0.1, 0.15) is 39.5 Å². The highest BCUT2D eigenvalue weighted by Crippen LogP contribution is 2.40. The summed E-state index contributed by atoms with van der Waals surface area (Å²) in [7, 11) is 0. The van der Waals surface area contributed by atoms with E-state index in [1.807, 2.05) is 13.8 Å². The van der Waals surface area contributed by atoms with Gasteiger partial charge in [-0.2, -0.15) is 0 Å². The Morgan fingerprint density at radius 2 is 2.08 bits per heavy atom. The molecule has 1 aliphatic rings. The monoisotopic (exact) mass is 184 g/mol. The zero-order valence-electron chi connectivity index (χ0n) is 8.68. The molecule has 1 atom stereocenters. The van der Waals surface area contributed by atoms with E-state index in [1.165, 1.54) is 0 Å². The molecule has 0 aromatic carbocycles. The predicted molar refractivity (Wildman–Crippen MR) is 53.6 cm³/mol. The van der Waals surface area contributed by atoms with Gasteiger partial charge < -0.3 is 9.84 Å². The number of aliphatic hydroxyl groups is 1. The summed E-state index contributed by atoms with van der Waals surface area (Å²) in [5.41, 5.74) is -1.26. The Balaban J connectivity index is 2.79. The van der Waals surface area contributed by atoms with Crippen LogP contribution in [-0.2, 0) is 4.74 Å². The molecule has 1 aliphatic carbocycles. The minimum atomic E-state index is -0.690. The molecule has 0 aromatic heterocycles. The summed E-state index contributed by atoms with van der Waals surface area (Å²) < 4.78 is 5.60. The second kappa shape index (κ2) is 3.81. The van der Waals surface area contributed by atoms with Crippen LogP contribution in [0.15, 0.2) is 12.7 Å².